The molecule has 5 aromatic rings. The number of aromatic nitrogens is 8. The number of anilines is 2. The topological polar surface area (TPSA) is 290 Å². The molecule has 340 valence electrons. The second kappa shape index (κ2) is 18.6. The predicted molar refractivity (Wildman–Crippen MR) is 218 cm³/mol. The van der Waals surface area contributed by atoms with E-state index in [1.165, 1.54) is 28.9 Å². The van der Waals surface area contributed by atoms with Gasteiger partial charge in [-0.05, 0) is 12.1 Å². The largest absolute Gasteiger partial charge is 0.475 e. The molecule has 3 saturated heterocycles. The molecule has 10 unspecified atom stereocenters. The van der Waals surface area contributed by atoms with Crippen LogP contribution in [0.5, 0.6) is 0 Å². The first-order valence-corrected chi connectivity index (χ1v) is 22.5. The summed E-state index contributed by atoms with van der Waals surface area (Å²) in [5.74, 6) is -1.55. The summed E-state index contributed by atoms with van der Waals surface area (Å²) in [6, 6.07) is 7.12. The van der Waals surface area contributed by atoms with Crippen molar-refractivity contribution in [1.82, 2.24) is 44.1 Å². The van der Waals surface area contributed by atoms with Crippen LogP contribution in [0.4, 0.5) is 16.2 Å². The molecule has 10 atom stereocenters. The molecule has 0 spiro atoms. The van der Waals surface area contributed by atoms with Crippen molar-refractivity contribution >= 4 is 61.5 Å². The highest BCUT2D eigenvalue weighted by atomic mass is 31.2. The van der Waals surface area contributed by atoms with Crippen molar-refractivity contribution < 1.29 is 59.9 Å². The van der Waals surface area contributed by atoms with Crippen LogP contribution in [-0.2, 0) is 50.8 Å². The monoisotopic (exact) mass is 930 g/mol. The van der Waals surface area contributed by atoms with Crippen molar-refractivity contribution in [2.24, 2.45) is 5.92 Å². The zero-order valence-corrected chi connectivity index (χ0v) is 36.1. The summed E-state index contributed by atoms with van der Waals surface area (Å²) in [7, 11) is -6.97. The summed E-state index contributed by atoms with van der Waals surface area (Å²) in [4.78, 5) is 65.6. The fraction of sp³-hybridized carbons (Fsp3) is 0.472. The summed E-state index contributed by atoms with van der Waals surface area (Å²) >= 11 is 0. The van der Waals surface area contributed by atoms with Crippen LogP contribution in [0.25, 0.3) is 27.2 Å². The van der Waals surface area contributed by atoms with E-state index in [2.05, 4.69) is 50.5 Å². The molecular weight excluding hydrogens is 889 g/mol. The number of hydrogen-bond acceptors (Lipinski definition) is 18. The Morgan fingerprint density at radius 2 is 1.70 bits per heavy atom. The summed E-state index contributed by atoms with van der Waals surface area (Å²) in [5.41, 5.74) is -0.459. The number of aromatic amines is 1. The lowest BCUT2D eigenvalue weighted by molar-refractivity contribution is -0.118. The number of nitrogens with zero attached hydrogens (tertiary/aromatic N) is 8. The maximum absolute atomic E-state index is 17.0. The lowest BCUT2D eigenvalue weighted by Gasteiger charge is -2.29. The predicted octanol–water partition coefficient (Wildman–Crippen LogP) is 3.14. The summed E-state index contributed by atoms with van der Waals surface area (Å²) in [6.45, 7) is 8.42. The summed E-state index contributed by atoms with van der Waals surface area (Å²) in [5, 5.41) is 8.04. The van der Waals surface area contributed by atoms with Crippen molar-refractivity contribution in [3.63, 3.8) is 0 Å². The number of alkyl halides is 1. The lowest BCUT2D eigenvalue weighted by atomic mass is 10.1. The number of phosphoric acid groups is 1. The van der Waals surface area contributed by atoms with E-state index in [4.69, 9.17) is 43.4 Å². The van der Waals surface area contributed by atoms with Crippen LogP contribution < -0.4 is 21.3 Å². The Labute approximate surface area is 361 Å². The second-order valence-corrected chi connectivity index (χ2v) is 18.2. The van der Waals surface area contributed by atoms with Crippen LogP contribution in [0.15, 0.2) is 54.1 Å². The van der Waals surface area contributed by atoms with Crippen LogP contribution >= 0.6 is 15.6 Å². The van der Waals surface area contributed by atoms with Crippen molar-refractivity contribution in [2.75, 3.05) is 51.2 Å². The highest BCUT2D eigenvalue weighted by molar-refractivity contribution is 7.51. The molecule has 1 aromatic carbocycles. The Morgan fingerprint density at radius 1 is 0.984 bits per heavy atom. The fourth-order valence-corrected chi connectivity index (χ4v) is 9.81. The first-order valence-electron chi connectivity index (χ1n) is 19.5. The summed E-state index contributed by atoms with van der Waals surface area (Å²) < 4.78 is 95.3. The van der Waals surface area contributed by atoms with Gasteiger partial charge in [0, 0.05) is 25.7 Å². The number of fused-ring (bicyclic) bond motifs is 5. The van der Waals surface area contributed by atoms with E-state index in [0.29, 0.717) is 5.56 Å². The highest BCUT2D eigenvalue weighted by Crippen LogP contribution is 2.56. The molecule has 0 saturated carbocycles. The molecule has 3 aliphatic heterocycles. The average molecular weight is 931 g/mol. The standard InChI is InChI=1S/C36H41FN12O13P2/c1-18(2)31(50)45-36-44-30-25(33(52)46-36)42-17-49(30)35-23-27(55-4)21(61-35)14-59-64(54,57-12-11-38-3)62-26-20(13-58-63(53,47-23)56-5)60-34(22(26)37)48-16-41-24-28(39-15-40-29(24)48)43-32(51)19-9-7-6-8-10-19/h6-10,15-18,20-23,26-27,34-35H,11-14H2,1-2,4-5H3,(H,47,53)(H,39,40,43,51)(H2,44,45,46,50,52). The Bertz CT molecular complexity index is 2730. The van der Waals surface area contributed by atoms with E-state index in [1.54, 1.807) is 44.2 Å². The number of benzene rings is 1. The van der Waals surface area contributed by atoms with Crippen molar-refractivity contribution in [2.45, 2.75) is 62.9 Å². The molecule has 28 heteroatoms. The molecule has 64 heavy (non-hydrogen) atoms. The van der Waals surface area contributed by atoms with Gasteiger partial charge in [-0.3, -0.25) is 51.9 Å². The van der Waals surface area contributed by atoms with Gasteiger partial charge in [-0.15, -0.1) is 0 Å². The van der Waals surface area contributed by atoms with E-state index < -0.39 is 108 Å². The number of phosphoric ester groups is 1. The van der Waals surface area contributed by atoms with Crippen LogP contribution in [0.2, 0.25) is 0 Å². The minimum Gasteiger partial charge on any atom is -0.377 e. The number of nitrogens with one attached hydrogen (secondary N) is 4. The van der Waals surface area contributed by atoms with Crippen LogP contribution in [-0.4, -0.2) is 128 Å². The third kappa shape index (κ3) is 8.97. The van der Waals surface area contributed by atoms with Gasteiger partial charge in [-0.25, -0.2) is 45.1 Å². The number of amides is 2. The number of halogens is 1. The molecule has 3 aliphatic rings. The molecule has 0 aliphatic carbocycles. The molecule has 2 bridgehead atoms. The third-order valence-corrected chi connectivity index (χ3v) is 13.4. The van der Waals surface area contributed by atoms with Gasteiger partial charge in [0.05, 0.1) is 31.9 Å². The molecule has 2 amide bonds. The molecule has 4 N–H and O–H groups in total. The van der Waals surface area contributed by atoms with Crippen molar-refractivity contribution in [3.8, 4) is 0 Å². The Balaban J connectivity index is 1.13. The second-order valence-electron chi connectivity index (χ2n) is 14.7. The van der Waals surface area contributed by atoms with E-state index >= 15 is 4.39 Å². The van der Waals surface area contributed by atoms with Gasteiger partial charge in [0.15, 0.2) is 46.8 Å². The number of carbonyl (C=O) groups excluding carboxylic acids is 2. The van der Waals surface area contributed by atoms with Crippen molar-refractivity contribution in [3.05, 3.63) is 76.6 Å². The minimum atomic E-state index is -4.87. The van der Waals surface area contributed by atoms with Gasteiger partial charge in [0.2, 0.25) is 18.4 Å². The first-order chi connectivity index (χ1) is 30.7. The summed E-state index contributed by atoms with van der Waals surface area (Å²) in [6.07, 6.45) is -7.22. The number of imidazole rings is 2. The Hall–Kier alpha value is -5.42. The smallest absolute Gasteiger partial charge is 0.377 e. The van der Waals surface area contributed by atoms with E-state index in [-0.39, 0.29) is 40.6 Å². The van der Waals surface area contributed by atoms with Crippen LogP contribution in [0, 0.1) is 12.5 Å². The van der Waals surface area contributed by atoms with Gasteiger partial charge in [-0.1, -0.05) is 32.0 Å². The van der Waals surface area contributed by atoms with Crippen molar-refractivity contribution in [1.29, 1.82) is 0 Å². The zero-order valence-electron chi connectivity index (χ0n) is 34.3. The van der Waals surface area contributed by atoms with E-state index in [1.807, 2.05) is 0 Å². The normalized spacial score (nSPS) is 29.7. The van der Waals surface area contributed by atoms with Gasteiger partial charge < -0.3 is 28.9 Å². The third-order valence-electron chi connectivity index (χ3n) is 10.3. The number of hydrogen-bond donors (Lipinski definition) is 4. The average Bonchev–Trinajstić information content (AvgIpc) is 4.06. The maximum Gasteiger partial charge on any atom is 0.475 e. The molecule has 7 heterocycles. The Morgan fingerprint density at radius 3 is 2.42 bits per heavy atom. The van der Waals surface area contributed by atoms with Gasteiger partial charge >= 0.3 is 15.6 Å². The molecule has 4 aromatic heterocycles. The SMILES string of the molecule is [C-]#[N+]CCOP1(=O)OCC2OC(n3cnc4c(=O)[nH]c(NC(=O)C(C)C)nc43)C(NP(=O)(OC)OCC3OC(n4cnc5c(NC(=O)c6ccccc6)ncnc54)C(F)C3O1)C2OC. The number of methoxy groups -OCH3 is 1. The van der Waals surface area contributed by atoms with Gasteiger partial charge in [0.25, 0.3) is 11.5 Å². The lowest BCUT2D eigenvalue weighted by Crippen LogP contribution is -2.44. The minimum absolute atomic E-state index is 0.0143. The molecule has 25 nitrogen and oxygen atoms in total. The molecule has 0 radical (unpaired) electrons. The van der Waals surface area contributed by atoms with Crippen LogP contribution in [0.3, 0.4) is 0 Å². The number of H-pyrrole nitrogens is 1. The fourth-order valence-electron chi connectivity index (χ4n) is 7.16. The van der Waals surface area contributed by atoms with E-state index in [9.17, 15) is 23.5 Å². The zero-order chi connectivity index (χ0) is 45.3. The maximum atomic E-state index is 17.0. The highest BCUT2D eigenvalue weighted by Gasteiger charge is 2.55. The number of rotatable bonds is 11. The molecule has 3 fully saturated rings. The van der Waals surface area contributed by atoms with Crippen LogP contribution in [0.1, 0.15) is 36.7 Å². The number of ether oxygens (including phenoxy) is 3. The quantitative estimate of drug-likeness (QED) is 0.0840. The van der Waals surface area contributed by atoms with Gasteiger partial charge in [-0.2, -0.15) is 4.98 Å². The van der Waals surface area contributed by atoms with E-state index in [0.717, 1.165) is 13.4 Å². The first kappa shape index (κ1) is 45.2. The molecule has 8 rings (SSSR count). The molecular formula is C36H41FN12O13P2. The number of carbonyl (C=O) groups is 2. The van der Waals surface area contributed by atoms with Gasteiger partial charge in [0.1, 0.15) is 37.4 Å². The Kier molecular flexibility index (Phi) is 13.1.